The van der Waals surface area contributed by atoms with Crippen molar-refractivity contribution in [3.05, 3.63) is 77.3 Å². The molecule has 1 aromatic heterocycles. The number of carbonyl (C=O) groups is 2. The number of amides is 2. The van der Waals surface area contributed by atoms with Crippen LogP contribution in [0.3, 0.4) is 0 Å². The molecule has 0 aliphatic rings. The first kappa shape index (κ1) is 18.5. The van der Waals surface area contributed by atoms with E-state index in [4.69, 9.17) is 0 Å². The van der Waals surface area contributed by atoms with Crippen molar-refractivity contribution in [3.8, 4) is 0 Å². The average Bonchev–Trinajstić information content (AvgIpc) is 3.11. The minimum Gasteiger partial charge on any atom is -0.323 e. The summed E-state index contributed by atoms with van der Waals surface area (Å²) in [6.45, 7) is 3.49. The van der Waals surface area contributed by atoms with Gasteiger partial charge in [-0.25, -0.2) is 4.98 Å². The van der Waals surface area contributed by atoms with Crippen molar-refractivity contribution in [1.82, 2.24) is 4.98 Å². The van der Waals surface area contributed by atoms with Crippen LogP contribution in [-0.4, -0.2) is 16.8 Å². The van der Waals surface area contributed by atoms with Crippen LogP contribution in [0.15, 0.2) is 66.1 Å². The van der Waals surface area contributed by atoms with Gasteiger partial charge in [0.1, 0.15) is 0 Å². The predicted molar refractivity (Wildman–Crippen MR) is 110 cm³/mol. The topological polar surface area (TPSA) is 62.3 Å². The fraction of sp³-hybridized carbons (Fsp3) is 0.0952. The lowest BCUT2D eigenvalue weighted by atomic mass is 10.2. The van der Waals surface area contributed by atoms with Crippen LogP contribution in [0.2, 0.25) is 0 Å². The number of benzene rings is 2. The SMILES string of the molecule is CC(=O)N(c1ccccc1)c1nc(/C=C/C(=O)Nc2ccc(C)cc2)cs1. The fourth-order valence-corrected chi connectivity index (χ4v) is 3.30. The number of nitrogens with zero attached hydrogens (tertiary/aromatic N) is 2. The van der Waals surface area contributed by atoms with Crippen molar-refractivity contribution >= 4 is 45.7 Å². The van der Waals surface area contributed by atoms with Gasteiger partial charge in [0.15, 0.2) is 5.13 Å². The zero-order valence-corrected chi connectivity index (χ0v) is 15.9. The second-order valence-corrected chi connectivity index (χ2v) is 6.77. The van der Waals surface area contributed by atoms with Crippen molar-refractivity contribution < 1.29 is 9.59 Å². The van der Waals surface area contributed by atoms with E-state index in [1.165, 1.54) is 24.3 Å². The number of carbonyl (C=O) groups excluding carboxylic acids is 2. The monoisotopic (exact) mass is 377 g/mol. The number of rotatable bonds is 5. The van der Waals surface area contributed by atoms with Crippen molar-refractivity contribution in [2.45, 2.75) is 13.8 Å². The van der Waals surface area contributed by atoms with Gasteiger partial charge in [-0.2, -0.15) is 0 Å². The predicted octanol–water partition coefficient (Wildman–Crippen LogP) is 4.79. The molecule has 27 heavy (non-hydrogen) atoms. The highest BCUT2D eigenvalue weighted by Gasteiger charge is 2.17. The van der Waals surface area contributed by atoms with E-state index in [1.54, 1.807) is 11.0 Å². The molecular weight excluding hydrogens is 358 g/mol. The molecule has 2 amide bonds. The van der Waals surface area contributed by atoms with Crippen molar-refractivity contribution in [2.75, 3.05) is 10.2 Å². The van der Waals surface area contributed by atoms with Crippen LogP contribution in [0.4, 0.5) is 16.5 Å². The number of hydrogen-bond donors (Lipinski definition) is 1. The molecule has 0 spiro atoms. The summed E-state index contributed by atoms with van der Waals surface area (Å²) in [4.78, 5) is 30.1. The zero-order valence-electron chi connectivity index (χ0n) is 15.0. The lowest BCUT2D eigenvalue weighted by Gasteiger charge is -2.17. The van der Waals surface area contributed by atoms with Gasteiger partial charge in [-0.15, -0.1) is 11.3 Å². The van der Waals surface area contributed by atoms with E-state index in [-0.39, 0.29) is 11.8 Å². The maximum atomic E-state index is 12.1. The number of nitrogens with one attached hydrogen (secondary N) is 1. The molecule has 0 atom stereocenters. The van der Waals surface area contributed by atoms with E-state index in [1.807, 2.05) is 66.9 Å². The molecule has 0 saturated carbocycles. The van der Waals surface area contributed by atoms with Gasteiger partial charge in [-0.05, 0) is 37.3 Å². The molecule has 0 bridgehead atoms. The number of anilines is 3. The van der Waals surface area contributed by atoms with Gasteiger partial charge in [0, 0.05) is 24.1 Å². The molecule has 0 saturated heterocycles. The number of hydrogen-bond acceptors (Lipinski definition) is 4. The standard InChI is InChI=1S/C21H19N3O2S/c1-15-8-10-17(11-9-15)22-20(26)13-12-18-14-27-21(23-18)24(16(2)25)19-6-4-3-5-7-19/h3-14H,1-2H3,(H,22,26)/b13-12+. The highest BCUT2D eigenvalue weighted by atomic mass is 32.1. The Balaban J connectivity index is 1.71. The van der Waals surface area contributed by atoms with Crippen LogP contribution in [0.5, 0.6) is 0 Å². The minimum absolute atomic E-state index is 0.122. The summed E-state index contributed by atoms with van der Waals surface area (Å²) in [5.41, 5.74) is 3.25. The van der Waals surface area contributed by atoms with Crippen molar-refractivity contribution in [3.63, 3.8) is 0 Å². The third-order valence-electron chi connectivity index (χ3n) is 3.75. The Morgan fingerprint density at radius 3 is 2.44 bits per heavy atom. The Kier molecular flexibility index (Phi) is 5.78. The Hall–Kier alpha value is -3.25. The quantitative estimate of drug-likeness (QED) is 0.651. The van der Waals surface area contributed by atoms with Gasteiger partial charge in [-0.3, -0.25) is 14.5 Å². The molecule has 5 nitrogen and oxygen atoms in total. The number of aryl methyl sites for hydroxylation is 1. The Morgan fingerprint density at radius 2 is 1.78 bits per heavy atom. The first-order chi connectivity index (χ1) is 13.0. The van der Waals surface area contributed by atoms with E-state index in [2.05, 4.69) is 10.3 Å². The summed E-state index contributed by atoms with van der Waals surface area (Å²) in [6, 6.07) is 16.9. The van der Waals surface area contributed by atoms with Gasteiger partial charge in [0.2, 0.25) is 11.8 Å². The fourth-order valence-electron chi connectivity index (χ4n) is 2.44. The summed E-state index contributed by atoms with van der Waals surface area (Å²) in [5, 5.41) is 5.17. The van der Waals surface area contributed by atoms with Gasteiger partial charge < -0.3 is 5.32 Å². The number of aromatic nitrogens is 1. The van der Waals surface area contributed by atoms with Crippen molar-refractivity contribution in [1.29, 1.82) is 0 Å². The molecule has 0 aliphatic carbocycles. The third kappa shape index (κ3) is 4.89. The normalized spacial score (nSPS) is 10.7. The average molecular weight is 377 g/mol. The van der Waals surface area contributed by atoms with E-state index < -0.39 is 0 Å². The van der Waals surface area contributed by atoms with Crippen molar-refractivity contribution in [2.24, 2.45) is 0 Å². The van der Waals surface area contributed by atoms with Crippen LogP contribution >= 0.6 is 11.3 Å². The minimum atomic E-state index is -0.236. The molecule has 0 aliphatic heterocycles. The largest absolute Gasteiger partial charge is 0.323 e. The first-order valence-corrected chi connectivity index (χ1v) is 9.28. The van der Waals surface area contributed by atoms with E-state index >= 15 is 0 Å². The summed E-state index contributed by atoms with van der Waals surface area (Å²) in [6.07, 6.45) is 3.06. The van der Waals surface area contributed by atoms with Crippen LogP contribution in [0, 0.1) is 6.92 Å². The number of thiazole rings is 1. The molecule has 0 unspecified atom stereocenters. The molecule has 3 aromatic rings. The van der Waals surface area contributed by atoms with E-state index in [9.17, 15) is 9.59 Å². The molecular formula is C21H19N3O2S. The molecule has 2 aromatic carbocycles. The number of para-hydroxylation sites is 1. The van der Waals surface area contributed by atoms with Crippen LogP contribution in [-0.2, 0) is 9.59 Å². The van der Waals surface area contributed by atoms with Gasteiger partial charge in [0.25, 0.3) is 0 Å². The molecule has 6 heteroatoms. The summed E-state index contributed by atoms with van der Waals surface area (Å²) in [5.74, 6) is -0.358. The first-order valence-electron chi connectivity index (χ1n) is 8.40. The van der Waals surface area contributed by atoms with Crippen LogP contribution < -0.4 is 10.2 Å². The van der Waals surface area contributed by atoms with Gasteiger partial charge >= 0.3 is 0 Å². The maximum absolute atomic E-state index is 12.1. The Labute approximate surface area is 162 Å². The van der Waals surface area contributed by atoms with Crippen LogP contribution in [0.1, 0.15) is 18.2 Å². The maximum Gasteiger partial charge on any atom is 0.248 e. The summed E-state index contributed by atoms with van der Waals surface area (Å²) >= 11 is 1.35. The molecule has 0 fully saturated rings. The zero-order chi connectivity index (χ0) is 19.2. The van der Waals surface area contributed by atoms with Gasteiger partial charge in [-0.1, -0.05) is 35.9 Å². The lowest BCUT2D eigenvalue weighted by molar-refractivity contribution is -0.116. The second-order valence-electron chi connectivity index (χ2n) is 5.93. The molecule has 3 rings (SSSR count). The smallest absolute Gasteiger partial charge is 0.248 e. The highest BCUT2D eigenvalue weighted by molar-refractivity contribution is 7.14. The summed E-state index contributed by atoms with van der Waals surface area (Å²) in [7, 11) is 0. The Morgan fingerprint density at radius 1 is 1.07 bits per heavy atom. The Bertz CT molecular complexity index is 963. The lowest BCUT2D eigenvalue weighted by Crippen LogP contribution is -2.22. The van der Waals surface area contributed by atoms with E-state index in [0.717, 1.165) is 16.9 Å². The van der Waals surface area contributed by atoms with E-state index in [0.29, 0.717) is 10.8 Å². The second kappa shape index (κ2) is 8.42. The van der Waals surface area contributed by atoms with Gasteiger partial charge in [0.05, 0.1) is 11.4 Å². The van der Waals surface area contributed by atoms with Crippen LogP contribution in [0.25, 0.3) is 6.08 Å². The molecule has 1 heterocycles. The molecule has 1 N–H and O–H groups in total. The summed E-state index contributed by atoms with van der Waals surface area (Å²) < 4.78 is 0. The molecule has 136 valence electrons. The third-order valence-corrected chi connectivity index (χ3v) is 4.60. The highest BCUT2D eigenvalue weighted by Crippen LogP contribution is 2.29. The molecule has 0 radical (unpaired) electrons.